The van der Waals surface area contributed by atoms with Crippen LogP contribution in [-0.2, 0) is 6.42 Å². The van der Waals surface area contributed by atoms with E-state index in [1.165, 1.54) is 10.3 Å². The number of nitrogens with zero attached hydrogens (tertiary/aromatic N) is 2. The average Bonchev–Trinajstić information content (AvgIpc) is 2.82. The number of thiazole rings is 1. The summed E-state index contributed by atoms with van der Waals surface area (Å²) in [6.07, 6.45) is 2.74. The number of aryl methyl sites for hydroxylation is 1. The van der Waals surface area contributed by atoms with Gasteiger partial charge in [-0.3, -0.25) is 4.98 Å². The molecular formula is C15H15N3S. The van der Waals surface area contributed by atoms with Crippen LogP contribution in [0.25, 0.3) is 10.2 Å². The van der Waals surface area contributed by atoms with E-state index in [1.807, 2.05) is 24.4 Å². The lowest BCUT2D eigenvalue weighted by molar-refractivity contribution is 0.960. The first-order valence-electron chi connectivity index (χ1n) is 6.32. The molecular weight excluding hydrogens is 254 g/mol. The highest BCUT2D eigenvalue weighted by atomic mass is 32.1. The maximum Gasteiger partial charge on any atom is 0.183 e. The van der Waals surface area contributed by atoms with Crippen molar-refractivity contribution in [3.63, 3.8) is 0 Å². The second-order valence-corrected chi connectivity index (χ2v) is 5.52. The molecule has 0 unspecified atom stereocenters. The topological polar surface area (TPSA) is 37.8 Å². The molecule has 3 nitrogen and oxygen atoms in total. The highest BCUT2D eigenvalue weighted by Crippen LogP contribution is 2.26. The van der Waals surface area contributed by atoms with E-state index in [2.05, 4.69) is 40.4 Å². The van der Waals surface area contributed by atoms with Crippen molar-refractivity contribution in [3.8, 4) is 0 Å². The summed E-state index contributed by atoms with van der Waals surface area (Å²) in [5.41, 5.74) is 3.44. The highest BCUT2D eigenvalue weighted by Gasteiger charge is 2.03. The Hall–Kier alpha value is -1.94. The van der Waals surface area contributed by atoms with Crippen LogP contribution in [0.3, 0.4) is 0 Å². The van der Waals surface area contributed by atoms with Crippen LogP contribution in [0.1, 0.15) is 11.3 Å². The summed E-state index contributed by atoms with van der Waals surface area (Å²) < 4.78 is 1.24. The summed E-state index contributed by atoms with van der Waals surface area (Å²) in [5.74, 6) is 0. The van der Waals surface area contributed by atoms with Crippen molar-refractivity contribution >= 4 is 26.7 Å². The third-order valence-corrected chi connectivity index (χ3v) is 3.90. The number of fused-ring (bicyclic) bond motifs is 1. The Bertz CT molecular complexity index is 676. The van der Waals surface area contributed by atoms with Crippen molar-refractivity contribution in [2.24, 2.45) is 0 Å². The van der Waals surface area contributed by atoms with E-state index in [-0.39, 0.29) is 0 Å². The number of rotatable bonds is 4. The van der Waals surface area contributed by atoms with Gasteiger partial charge in [-0.15, -0.1) is 0 Å². The molecule has 2 heterocycles. The van der Waals surface area contributed by atoms with Crippen molar-refractivity contribution in [1.82, 2.24) is 9.97 Å². The molecule has 0 radical (unpaired) electrons. The van der Waals surface area contributed by atoms with E-state index in [0.717, 1.165) is 29.3 Å². The number of hydrogen-bond acceptors (Lipinski definition) is 4. The van der Waals surface area contributed by atoms with Gasteiger partial charge < -0.3 is 5.32 Å². The zero-order valence-corrected chi connectivity index (χ0v) is 11.6. The smallest absolute Gasteiger partial charge is 0.183 e. The van der Waals surface area contributed by atoms with E-state index >= 15 is 0 Å². The second kappa shape index (κ2) is 5.36. The fourth-order valence-electron chi connectivity index (χ4n) is 1.95. The average molecular weight is 269 g/mol. The highest BCUT2D eigenvalue weighted by molar-refractivity contribution is 7.22. The van der Waals surface area contributed by atoms with E-state index in [4.69, 9.17) is 0 Å². The van der Waals surface area contributed by atoms with E-state index < -0.39 is 0 Å². The fourth-order valence-corrected chi connectivity index (χ4v) is 2.94. The Morgan fingerprint density at radius 3 is 3.00 bits per heavy atom. The third kappa shape index (κ3) is 2.90. The van der Waals surface area contributed by atoms with Crippen LogP contribution in [0.15, 0.2) is 42.6 Å². The third-order valence-electron chi connectivity index (χ3n) is 2.93. The largest absolute Gasteiger partial charge is 0.361 e. The first-order valence-corrected chi connectivity index (χ1v) is 7.14. The fraction of sp³-hybridized carbons (Fsp3) is 0.200. The number of pyridine rings is 1. The van der Waals surface area contributed by atoms with Gasteiger partial charge in [0.05, 0.1) is 10.2 Å². The second-order valence-electron chi connectivity index (χ2n) is 4.49. The molecule has 0 saturated carbocycles. The molecule has 0 amide bonds. The predicted molar refractivity (Wildman–Crippen MR) is 80.8 cm³/mol. The lowest BCUT2D eigenvalue weighted by atomic mass is 10.2. The Balaban J connectivity index is 1.65. The Morgan fingerprint density at radius 1 is 1.21 bits per heavy atom. The maximum absolute atomic E-state index is 4.57. The predicted octanol–water partition coefficient (Wildman–Crippen LogP) is 3.65. The van der Waals surface area contributed by atoms with Crippen molar-refractivity contribution < 1.29 is 0 Å². The molecule has 0 aliphatic rings. The first kappa shape index (κ1) is 12.1. The molecule has 0 saturated heterocycles. The van der Waals surface area contributed by atoms with Gasteiger partial charge in [0.15, 0.2) is 5.13 Å². The van der Waals surface area contributed by atoms with E-state index in [1.54, 1.807) is 11.3 Å². The van der Waals surface area contributed by atoms with Crippen LogP contribution in [0, 0.1) is 6.92 Å². The van der Waals surface area contributed by atoms with Gasteiger partial charge in [-0.1, -0.05) is 23.5 Å². The molecule has 3 aromatic rings. The summed E-state index contributed by atoms with van der Waals surface area (Å²) in [5, 5.41) is 4.35. The van der Waals surface area contributed by atoms with Crippen LogP contribution in [0.4, 0.5) is 5.13 Å². The lowest BCUT2D eigenvalue weighted by Gasteiger charge is -2.01. The van der Waals surface area contributed by atoms with Crippen LogP contribution < -0.4 is 5.32 Å². The molecule has 1 N–H and O–H groups in total. The molecule has 4 heteroatoms. The summed E-state index contributed by atoms with van der Waals surface area (Å²) >= 11 is 1.70. The van der Waals surface area contributed by atoms with Crippen LogP contribution in [-0.4, -0.2) is 16.5 Å². The minimum Gasteiger partial charge on any atom is -0.361 e. The molecule has 0 spiro atoms. The minimum absolute atomic E-state index is 0.857. The zero-order valence-electron chi connectivity index (χ0n) is 10.8. The van der Waals surface area contributed by atoms with Crippen molar-refractivity contribution in [2.45, 2.75) is 13.3 Å². The monoisotopic (exact) mass is 269 g/mol. The van der Waals surface area contributed by atoms with Gasteiger partial charge in [-0.2, -0.15) is 0 Å². The lowest BCUT2D eigenvalue weighted by Crippen LogP contribution is -2.05. The van der Waals surface area contributed by atoms with E-state index in [0.29, 0.717) is 0 Å². The van der Waals surface area contributed by atoms with Gasteiger partial charge in [0.1, 0.15) is 0 Å². The summed E-state index contributed by atoms with van der Waals surface area (Å²) in [6.45, 7) is 2.96. The van der Waals surface area contributed by atoms with Gasteiger partial charge in [0, 0.05) is 24.9 Å². The Kier molecular flexibility index (Phi) is 3.42. The maximum atomic E-state index is 4.57. The standard InChI is InChI=1S/C15H15N3S/c1-11-5-6-13-14(10-11)19-15(18-13)17-9-7-12-4-2-3-8-16-12/h2-6,8,10H,7,9H2,1H3,(H,17,18). The molecule has 1 aromatic carbocycles. The molecule has 0 fully saturated rings. The first-order chi connectivity index (χ1) is 9.31. The number of benzene rings is 1. The van der Waals surface area contributed by atoms with Crippen LogP contribution in [0.5, 0.6) is 0 Å². The van der Waals surface area contributed by atoms with Crippen molar-refractivity contribution in [3.05, 3.63) is 53.9 Å². The molecule has 0 aliphatic heterocycles. The van der Waals surface area contributed by atoms with Gasteiger partial charge in [0.2, 0.25) is 0 Å². The van der Waals surface area contributed by atoms with Crippen LogP contribution >= 0.6 is 11.3 Å². The van der Waals surface area contributed by atoms with Crippen molar-refractivity contribution in [2.75, 3.05) is 11.9 Å². The number of aromatic nitrogens is 2. The molecule has 0 aliphatic carbocycles. The summed E-state index contributed by atoms with van der Waals surface area (Å²) in [4.78, 5) is 8.88. The SMILES string of the molecule is Cc1ccc2nc(NCCc3ccccn3)sc2c1. The normalized spacial score (nSPS) is 10.8. The quantitative estimate of drug-likeness (QED) is 0.785. The van der Waals surface area contributed by atoms with E-state index in [9.17, 15) is 0 Å². The Morgan fingerprint density at radius 2 is 2.16 bits per heavy atom. The molecule has 19 heavy (non-hydrogen) atoms. The molecule has 0 atom stereocenters. The number of hydrogen-bond donors (Lipinski definition) is 1. The number of nitrogens with one attached hydrogen (secondary N) is 1. The zero-order chi connectivity index (χ0) is 13.1. The summed E-state index contributed by atoms with van der Waals surface area (Å²) in [6, 6.07) is 12.3. The van der Waals surface area contributed by atoms with Gasteiger partial charge >= 0.3 is 0 Å². The summed E-state index contributed by atoms with van der Waals surface area (Å²) in [7, 11) is 0. The molecule has 3 rings (SSSR count). The molecule has 2 aromatic heterocycles. The molecule has 96 valence electrons. The Labute approximate surface area is 116 Å². The van der Waals surface area contributed by atoms with Gasteiger partial charge in [0.25, 0.3) is 0 Å². The molecule has 0 bridgehead atoms. The van der Waals surface area contributed by atoms with Crippen LogP contribution in [0.2, 0.25) is 0 Å². The number of anilines is 1. The minimum atomic E-state index is 0.857. The van der Waals surface area contributed by atoms with Crippen molar-refractivity contribution in [1.29, 1.82) is 0 Å². The van der Waals surface area contributed by atoms with Gasteiger partial charge in [-0.25, -0.2) is 4.98 Å². The van der Waals surface area contributed by atoms with Gasteiger partial charge in [-0.05, 0) is 36.8 Å².